The van der Waals surface area contributed by atoms with Crippen molar-refractivity contribution in [3.63, 3.8) is 0 Å². The predicted molar refractivity (Wildman–Crippen MR) is 79.2 cm³/mol. The fourth-order valence-electron chi connectivity index (χ4n) is 1.62. The van der Waals surface area contributed by atoms with Crippen LogP contribution < -0.4 is 11.1 Å². The normalized spacial score (nSPS) is 10.3. The highest BCUT2D eigenvalue weighted by atomic mass is 35.5. The summed E-state index contributed by atoms with van der Waals surface area (Å²) in [5, 5.41) is 4.28. The first-order valence-corrected chi connectivity index (χ1v) is 6.61. The van der Waals surface area contributed by atoms with E-state index >= 15 is 0 Å². The minimum atomic E-state index is -0.609. The lowest BCUT2D eigenvalue weighted by molar-refractivity contribution is 0.0995. The minimum absolute atomic E-state index is 0.125. The van der Waals surface area contributed by atoms with Crippen LogP contribution in [0.5, 0.6) is 0 Å². The number of nitrogens with zero attached hydrogens (tertiary/aromatic N) is 2. The van der Waals surface area contributed by atoms with Crippen LogP contribution in [0.3, 0.4) is 0 Å². The van der Waals surface area contributed by atoms with Gasteiger partial charge in [-0.25, -0.2) is 4.98 Å². The fraction of sp³-hybridized carbons (Fsp3) is 0.154. The lowest BCUT2D eigenvalue weighted by atomic mass is 10.1. The van der Waals surface area contributed by atoms with E-state index in [4.69, 9.17) is 28.9 Å². The van der Waals surface area contributed by atoms with Gasteiger partial charge in [0.25, 0.3) is 5.91 Å². The van der Waals surface area contributed by atoms with Crippen LogP contribution in [0, 0.1) is 0 Å². The fourth-order valence-corrected chi connectivity index (χ4v) is 2.12. The number of hydrogen-bond acceptors (Lipinski definition) is 4. The molecule has 2 rings (SSSR count). The monoisotopic (exact) mass is 310 g/mol. The summed E-state index contributed by atoms with van der Waals surface area (Å²) in [5.74, 6) is -0.117. The van der Waals surface area contributed by atoms with Crippen LogP contribution >= 0.6 is 23.2 Å². The first kappa shape index (κ1) is 14.6. The zero-order valence-corrected chi connectivity index (χ0v) is 11.9. The Hall–Kier alpha value is -1.85. The molecule has 0 aliphatic rings. The largest absolute Gasteiger partial charge is 0.368 e. The number of nitrogens with two attached hydrogens (primary N) is 1. The number of anilines is 1. The number of carbonyl (C=O) groups is 1. The van der Waals surface area contributed by atoms with Gasteiger partial charge in [0.2, 0.25) is 0 Å². The molecule has 0 radical (unpaired) electrons. The van der Waals surface area contributed by atoms with E-state index in [-0.39, 0.29) is 5.69 Å². The summed E-state index contributed by atoms with van der Waals surface area (Å²) in [6, 6.07) is 5.36. The molecule has 1 aromatic carbocycles. The van der Waals surface area contributed by atoms with Crippen LogP contribution in [0.15, 0.2) is 30.6 Å². The van der Waals surface area contributed by atoms with E-state index in [1.54, 1.807) is 12.1 Å². The predicted octanol–water partition coefficient (Wildman–Crippen LogP) is 2.54. The van der Waals surface area contributed by atoms with Crippen molar-refractivity contribution in [1.82, 2.24) is 9.97 Å². The van der Waals surface area contributed by atoms with Crippen molar-refractivity contribution < 1.29 is 4.79 Å². The summed E-state index contributed by atoms with van der Waals surface area (Å²) in [7, 11) is 0. The molecule has 20 heavy (non-hydrogen) atoms. The number of amides is 1. The molecule has 1 amide bonds. The van der Waals surface area contributed by atoms with Gasteiger partial charge in [-0.2, -0.15) is 0 Å². The van der Waals surface area contributed by atoms with Gasteiger partial charge in [0.1, 0.15) is 11.5 Å². The van der Waals surface area contributed by atoms with E-state index in [0.717, 1.165) is 5.56 Å². The number of primary amides is 1. The van der Waals surface area contributed by atoms with Gasteiger partial charge in [0.15, 0.2) is 0 Å². The molecule has 0 saturated carbocycles. The highest BCUT2D eigenvalue weighted by Gasteiger charge is 2.05. The van der Waals surface area contributed by atoms with Crippen LogP contribution in [0.2, 0.25) is 10.0 Å². The lowest BCUT2D eigenvalue weighted by Gasteiger charge is -2.07. The van der Waals surface area contributed by atoms with E-state index in [1.165, 1.54) is 12.4 Å². The van der Waals surface area contributed by atoms with Crippen LogP contribution in [-0.4, -0.2) is 22.4 Å². The van der Waals surface area contributed by atoms with Gasteiger partial charge in [0, 0.05) is 16.6 Å². The van der Waals surface area contributed by atoms with Gasteiger partial charge in [-0.1, -0.05) is 29.3 Å². The minimum Gasteiger partial charge on any atom is -0.368 e. The summed E-state index contributed by atoms with van der Waals surface area (Å²) in [4.78, 5) is 18.9. The standard InChI is InChI=1S/C13H12Cl2N4O/c14-9-2-1-8(10(15)5-9)3-4-18-12-7-17-6-11(19-12)13(16)20/h1-2,5-7H,3-4H2,(H2,16,20)(H,18,19). The molecule has 0 unspecified atom stereocenters. The maximum atomic E-state index is 11.0. The first-order valence-electron chi connectivity index (χ1n) is 5.86. The van der Waals surface area contributed by atoms with Gasteiger partial charge in [0.05, 0.1) is 12.4 Å². The highest BCUT2D eigenvalue weighted by molar-refractivity contribution is 6.35. The van der Waals surface area contributed by atoms with Crippen molar-refractivity contribution in [2.45, 2.75) is 6.42 Å². The van der Waals surface area contributed by atoms with E-state index < -0.39 is 5.91 Å². The van der Waals surface area contributed by atoms with E-state index in [2.05, 4.69) is 15.3 Å². The topological polar surface area (TPSA) is 80.9 Å². The van der Waals surface area contributed by atoms with Crippen molar-refractivity contribution in [3.8, 4) is 0 Å². The third-order valence-corrected chi connectivity index (χ3v) is 3.19. The SMILES string of the molecule is NC(=O)c1cncc(NCCc2ccc(Cl)cc2Cl)n1. The molecule has 0 saturated heterocycles. The molecule has 0 fully saturated rings. The Balaban J connectivity index is 1.96. The van der Waals surface area contributed by atoms with E-state index in [9.17, 15) is 4.79 Å². The quantitative estimate of drug-likeness (QED) is 0.889. The van der Waals surface area contributed by atoms with Gasteiger partial charge in [-0.3, -0.25) is 9.78 Å². The van der Waals surface area contributed by atoms with Crippen LogP contribution in [0.1, 0.15) is 16.1 Å². The first-order chi connectivity index (χ1) is 9.56. The Labute approximate surface area is 126 Å². The number of benzene rings is 1. The second kappa shape index (κ2) is 6.54. The summed E-state index contributed by atoms with van der Waals surface area (Å²) in [6.07, 6.45) is 3.54. The summed E-state index contributed by atoms with van der Waals surface area (Å²) >= 11 is 11.9. The van der Waals surface area contributed by atoms with E-state index in [1.807, 2.05) is 6.07 Å². The van der Waals surface area contributed by atoms with E-state index in [0.29, 0.717) is 28.8 Å². The molecule has 7 heteroatoms. The Kier molecular flexibility index (Phi) is 4.76. The second-order valence-electron chi connectivity index (χ2n) is 4.07. The van der Waals surface area contributed by atoms with Crippen LogP contribution in [0.25, 0.3) is 0 Å². The molecule has 0 atom stereocenters. The highest BCUT2D eigenvalue weighted by Crippen LogP contribution is 2.21. The Morgan fingerprint density at radius 2 is 2.10 bits per heavy atom. The van der Waals surface area contributed by atoms with Crippen molar-refractivity contribution in [1.29, 1.82) is 0 Å². The maximum absolute atomic E-state index is 11.0. The van der Waals surface area contributed by atoms with Crippen molar-refractivity contribution in [2.75, 3.05) is 11.9 Å². The third kappa shape index (κ3) is 3.82. The molecular formula is C13H12Cl2N4O. The zero-order chi connectivity index (χ0) is 14.5. The van der Waals surface area contributed by atoms with Gasteiger partial charge in [-0.05, 0) is 24.1 Å². The molecular weight excluding hydrogens is 299 g/mol. The average Bonchev–Trinajstić information content (AvgIpc) is 2.41. The molecule has 3 N–H and O–H groups in total. The average molecular weight is 311 g/mol. The van der Waals surface area contributed by atoms with Gasteiger partial charge in [-0.15, -0.1) is 0 Å². The third-order valence-electron chi connectivity index (χ3n) is 2.60. The summed E-state index contributed by atoms with van der Waals surface area (Å²) in [5.41, 5.74) is 6.24. The molecule has 0 bridgehead atoms. The molecule has 0 aliphatic heterocycles. The Bertz CT molecular complexity index is 634. The number of rotatable bonds is 5. The van der Waals surface area contributed by atoms with Crippen LogP contribution in [-0.2, 0) is 6.42 Å². The molecule has 1 aromatic heterocycles. The van der Waals surface area contributed by atoms with Crippen molar-refractivity contribution in [3.05, 3.63) is 51.9 Å². The molecule has 1 heterocycles. The second-order valence-corrected chi connectivity index (χ2v) is 4.91. The zero-order valence-electron chi connectivity index (χ0n) is 10.4. The van der Waals surface area contributed by atoms with Gasteiger partial charge < -0.3 is 11.1 Å². The van der Waals surface area contributed by atoms with Crippen molar-refractivity contribution in [2.24, 2.45) is 5.73 Å². The summed E-state index contributed by atoms with van der Waals surface area (Å²) in [6.45, 7) is 0.595. The van der Waals surface area contributed by atoms with Crippen molar-refractivity contribution >= 4 is 34.9 Å². The Morgan fingerprint density at radius 1 is 1.30 bits per heavy atom. The maximum Gasteiger partial charge on any atom is 0.268 e. The molecule has 2 aromatic rings. The molecule has 104 valence electrons. The lowest BCUT2D eigenvalue weighted by Crippen LogP contribution is -2.15. The number of aromatic nitrogens is 2. The summed E-state index contributed by atoms with van der Waals surface area (Å²) < 4.78 is 0. The molecule has 5 nitrogen and oxygen atoms in total. The van der Waals surface area contributed by atoms with Crippen LogP contribution in [0.4, 0.5) is 5.82 Å². The smallest absolute Gasteiger partial charge is 0.268 e. The number of nitrogens with one attached hydrogen (secondary N) is 1. The number of carbonyl (C=O) groups excluding carboxylic acids is 1. The number of halogens is 2. The van der Waals surface area contributed by atoms with Gasteiger partial charge >= 0.3 is 0 Å². The molecule has 0 spiro atoms. The molecule has 0 aliphatic carbocycles. The number of hydrogen-bond donors (Lipinski definition) is 2. The Morgan fingerprint density at radius 3 is 2.80 bits per heavy atom.